The van der Waals surface area contributed by atoms with Gasteiger partial charge in [-0.25, -0.2) is 0 Å². The zero-order valence-electron chi connectivity index (χ0n) is 15.3. The lowest BCUT2D eigenvalue weighted by Gasteiger charge is -2.37. The molecule has 0 bridgehead atoms. The van der Waals surface area contributed by atoms with Crippen LogP contribution in [0.25, 0.3) is 0 Å². The van der Waals surface area contributed by atoms with Gasteiger partial charge in [-0.15, -0.1) is 0 Å². The summed E-state index contributed by atoms with van der Waals surface area (Å²) in [4.78, 5) is 19.9. The Bertz CT molecular complexity index is 791. The Labute approximate surface area is 155 Å². The fourth-order valence-corrected chi connectivity index (χ4v) is 4.47. The van der Waals surface area contributed by atoms with Gasteiger partial charge in [0.25, 0.3) is 5.91 Å². The fourth-order valence-electron chi connectivity index (χ4n) is 4.47. The van der Waals surface area contributed by atoms with Crippen LogP contribution in [-0.2, 0) is 0 Å². The fraction of sp³-hybridized carbons (Fsp3) is 0.391. The molecule has 1 aliphatic carbocycles. The van der Waals surface area contributed by atoms with E-state index in [0.29, 0.717) is 12.1 Å². The van der Waals surface area contributed by atoms with Crippen LogP contribution < -0.4 is 0 Å². The Morgan fingerprint density at radius 3 is 2.42 bits per heavy atom. The molecule has 0 spiro atoms. The monoisotopic (exact) mass is 346 g/mol. The first-order valence-corrected chi connectivity index (χ1v) is 9.77. The van der Waals surface area contributed by atoms with Crippen LogP contribution in [-0.4, -0.2) is 29.1 Å². The summed E-state index contributed by atoms with van der Waals surface area (Å²) in [5.74, 6) is 0.226. The first-order chi connectivity index (χ1) is 12.8. The molecule has 2 aliphatic rings. The number of benzene rings is 2. The Kier molecular flexibility index (Phi) is 4.87. The maximum atomic E-state index is 13.0. The van der Waals surface area contributed by atoms with E-state index >= 15 is 0 Å². The highest BCUT2D eigenvalue weighted by atomic mass is 16.2. The Morgan fingerprint density at radius 1 is 1.00 bits per heavy atom. The molecule has 4 rings (SSSR count). The Balaban J connectivity index is 1.42. The van der Waals surface area contributed by atoms with Crippen molar-refractivity contribution in [1.29, 1.82) is 0 Å². The molecule has 1 fully saturated rings. The highest BCUT2D eigenvalue weighted by molar-refractivity contribution is 5.99. The number of nitrogens with zero attached hydrogens (tertiary/aromatic N) is 2. The number of carbonyl (C=O) groups excluding carboxylic acids is 1. The van der Waals surface area contributed by atoms with Crippen molar-refractivity contribution in [2.75, 3.05) is 0 Å². The predicted molar refractivity (Wildman–Crippen MR) is 106 cm³/mol. The Hall–Kier alpha value is -2.42. The quantitative estimate of drug-likeness (QED) is 0.715. The molecule has 0 saturated heterocycles. The van der Waals surface area contributed by atoms with Gasteiger partial charge in [0.1, 0.15) is 0 Å². The molecule has 3 heteroatoms. The minimum Gasteiger partial charge on any atom is -0.329 e. The molecule has 0 unspecified atom stereocenters. The van der Waals surface area contributed by atoms with Crippen LogP contribution in [0.3, 0.4) is 0 Å². The molecule has 3 nitrogen and oxygen atoms in total. The lowest BCUT2D eigenvalue weighted by molar-refractivity contribution is 0.0557. The van der Waals surface area contributed by atoms with E-state index < -0.39 is 0 Å². The van der Waals surface area contributed by atoms with Crippen molar-refractivity contribution in [3.8, 4) is 0 Å². The zero-order chi connectivity index (χ0) is 17.9. The van der Waals surface area contributed by atoms with Crippen molar-refractivity contribution >= 4 is 12.1 Å². The predicted octanol–water partition coefficient (Wildman–Crippen LogP) is 5.02. The molecule has 0 aromatic heterocycles. The van der Waals surface area contributed by atoms with E-state index in [1.165, 1.54) is 5.56 Å². The molecule has 1 saturated carbocycles. The minimum atomic E-state index is 0.226. The molecule has 2 aromatic carbocycles. The smallest absolute Gasteiger partial charge is 0.254 e. The van der Waals surface area contributed by atoms with Crippen LogP contribution in [0, 0.1) is 0 Å². The maximum absolute atomic E-state index is 13.0. The number of rotatable bonds is 4. The number of carbonyl (C=O) groups is 1. The van der Waals surface area contributed by atoms with Gasteiger partial charge in [-0.3, -0.25) is 9.79 Å². The zero-order valence-corrected chi connectivity index (χ0v) is 15.3. The molecule has 0 radical (unpaired) electrons. The summed E-state index contributed by atoms with van der Waals surface area (Å²) < 4.78 is 0. The second-order valence-electron chi connectivity index (χ2n) is 7.37. The van der Waals surface area contributed by atoms with Crippen molar-refractivity contribution in [2.24, 2.45) is 4.99 Å². The van der Waals surface area contributed by atoms with Crippen LogP contribution in [0.5, 0.6) is 0 Å². The van der Waals surface area contributed by atoms with Crippen molar-refractivity contribution in [3.05, 3.63) is 71.3 Å². The molecular weight excluding hydrogens is 320 g/mol. The van der Waals surface area contributed by atoms with Crippen molar-refractivity contribution in [1.82, 2.24) is 4.90 Å². The number of hydrogen-bond donors (Lipinski definition) is 0. The molecule has 1 heterocycles. The number of fused-ring (bicyclic) bond motifs is 1. The summed E-state index contributed by atoms with van der Waals surface area (Å²) in [7, 11) is 0. The summed E-state index contributed by atoms with van der Waals surface area (Å²) >= 11 is 0. The number of aliphatic imine (C=N–C) groups is 1. The maximum Gasteiger partial charge on any atom is 0.254 e. The summed E-state index contributed by atoms with van der Waals surface area (Å²) in [6, 6.07) is 19.4. The van der Waals surface area contributed by atoms with Crippen LogP contribution in [0.1, 0.15) is 66.6 Å². The van der Waals surface area contributed by atoms with E-state index in [1.54, 1.807) is 0 Å². The van der Waals surface area contributed by atoms with Gasteiger partial charge in [0.2, 0.25) is 0 Å². The highest BCUT2D eigenvalue weighted by Crippen LogP contribution is 2.40. The second kappa shape index (κ2) is 7.45. The van der Waals surface area contributed by atoms with Gasteiger partial charge in [-0.2, -0.15) is 0 Å². The van der Waals surface area contributed by atoms with Gasteiger partial charge in [-0.1, -0.05) is 55.5 Å². The summed E-state index contributed by atoms with van der Waals surface area (Å²) in [6.07, 6.45) is 7.20. The van der Waals surface area contributed by atoms with Gasteiger partial charge in [0.05, 0.1) is 12.1 Å². The van der Waals surface area contributed by atoms with Gasteiger partial charge < -0.3 is 4.90 Å². The molecule has 1 aliphatic heterocycles. The molecule has 1 amide bonds. The van der Waals surface area contributed by atoms with Gasteiger partial charge in [0, 0.05) is 17.8 Å². The third kappa shape index (κ3) is 3.18. The highest BCUT2D eigenvalue weighted by Gasteiger charge is 2.40. The number of hydrogen-bond acceptors (Lipinski definition) is 2. The molecule has 26 heavy (non-hydrogen) atoms. The van der Waals surface area contributed by atoms with Gasteiger partial charge >= 0.3 is 0 Å². The van der Waals surface area contributed by atoms with E-state index in [1.807, 2.05) is 42.6 Å². The van der Waals surface area contributed by atoms with Gasteiger partial charge in [-0.05, 0) is 49.3 Å². The summed E-state index contributed by atoms with van der Waals surface area (Å²) in [5, 5.41) is 0. The van der Waals surface area contributed by atoms with Crippen molar-refractivity contribution in [2.45, 2.75) is 57.2 Å². The van der Waals surface area contributed by atoms with E-state index in [2.05, 4.69) is 30.0 Å². The van der Waals surface area contributed by atoms with Crippen LogP contribution in [0.15, 0.2) is 59.6 Å². The van der Waals surface area contributed by atoms with Crippen LogP contribution in [0.4, 0.5) is 0 Å². The van der Waals surface area contributed by atoms with Gasteiger partial charge in [0.15, 0.2) is 0 Å². The first kappa shape index (κ1) is 17.0. The number of amides is 1. The van der Waals surface area contributed by atoms with E-state index in [9.17, 15) is 4.79 Å². The first-order valence-electron chi connectivity index (χ1n) is 9.77. The van der Waals surface area contributed by atoms with E-state index in [0.717, 1.165) is 43.2 Å². The third-order valence-corrected chi connectivity index (χ3v) is 5.80. The lowest BCUT2D eigenvalue weighted by Crippen LogP contribution is -2.41. The standard InChI is InChI=1S/C23H26N2O/c1-2-22-20-10-6-7-11-21(20)23(26)25(22)19-14-12-18(13-15-19)24-16-17-8-4-3-5-9-17/h3-11,16,18-19,22H,2,12-15H2,1H3/t18?,19?,22-/m0/s1. The van der Waals surface area contributed by atoms with E-state index in [4.69, 9.17) is 4.99 Å². The molecule has 1 atom stereocenters. The molecule has 134 valence electrons. The third-order valence-electron chi connectivity index (χ3n) is 5.80. The van der Waals surface area contributed by atoms with Crippen molar-refractivity contribution in [3.63, 3.8) is 0 Å². The van der Waals surface area contributed by atoms with Crippen LogP contribution >= 0.6 is 0 Å². The lowest BCUT2D eigenvalue weighted by atomic mass is 9.89. The summed E-state index contributed by atoms with van der Waals surface area (Å²) in [5.41, 5.74) is 3.28. The molecular formula is C23H26N2O. The average Bonchev–Trinajstić information content (AvgIpc) is 3.00. The van der Waals surface area contributed by atoms with Crippen LogP contribution in [0.2, 0.25) is 0 Å². The largest absolute Gasteiger partial charge is 0.329 e. The van der Waals surface area contributed by atoms with E-state index in [-0.39, 0.29) is 11.9 Å². The van der Waals surface area contributed by atoms with Crippen molar-refractivity contribution < 1.29 is 4.79 Å². The minimum absolute atomic E-state index is 0.226. The topological polar surface area (TPSA) is 32.7 Å². The average molecular weight is 346 g/mol. The molecule has 0 N–H and O–H groups in total. The summed E-state index contributed by atoms with van der Waals surface area (Å²) in [6.45, 7) is 2.18. The second-order valence-corrected chi connectivity index (χ2v) is 7.37. The normalized spacial score (nSPS) is 25.7. The Morgan fingerprint density at radius 2 is 1.69 bits per heavy atom. The SMILES string of the molecule is CC[C@H]1c2ccccc2C(=O)N1C1CCC(N=Cc2ccccc2)CC1. The molecule has 2 aromatic rings.